The lowest BCUT2D eigenvalue weighted by molar-refractivity contribution is -0.384. The first-order valence-electron chi connectivity index (χ1n) is 14.0. The van der Waals surface area contributed by atoms with Crippen LogP contribution in [0.1, 0.15) is 27.1 Å². The van der Waals surface area contributed by atoms with Crippen LogP contribution in [0.5, 0.6) is 0 Å². The minimum atomic E-state index is -0.517. The van der Waals surface area contributed by atoms with Crippen LogP contribution in [-0.2, 0) is 4.74 Å². The molecule has 2 aromatic carbocycles. The molecule has 2 aromatic rings. The Morgan fingerprint density at radius 3 is 2.20 bits per heavy atom. The lowest BCUT2D eigenvalue weighted by Crippen LogP contribution is -2.54. The molecule has 5 rings (SSSR count). The highest BCUT2D eigenvalue weighted by molar-refractivity contribution is 6.07. The van der Waals surface area contributed by atoms with Gasteiger partial charge in [-0.3, -0.25) is 19.7 Å². The number of morpholine rings is 1. The van der Waals surface area contributed by atoms with Gasteiger partial charge in [-0.15, -0.1) is 0 Å². The summed E-state index contributed by atoms with van der Waals surface area (Å²) in [6, 6.07) is 10.7. The number of nitrogens with zero attached hydrogens (tertiary/aromatic N) is 5. The number of benzene rings is 2. The second-order valence-corrected chi connectivity index (χ2v) is 10.2. The van der Waals surface area contributed by atoms with Crippen LogP contribution >= 0.6 is 0 Å². The Morgan fingerprint density at radius 1 is 0.805 bits per heavy atom. The van der Waals surface area contributed by atoms with E-state index in [1.54, 1.807) is 12.1 Å². The lowest BCUT2D eigenvalue weighted by Gasteiger charge is -2.39. The van der Waals surface area contributed by atoms with E-state index in [0.29, 0.717) is 76.8 Å². The molecule has 0 atom stereocenters. The van der Waals surface area contributed by atoms with Crippen molar-refractivity contribution in [2.45, 2.75) is 6.42 Å². The third-order valence-corrected chi connectivity index (χ3v) is 7.63. The van der Waals surface area contributed by atoms with E-state index in [4.69, 9.17) is 4.74 Å². The second-order valence-electron chi connectivity index (χ2n) is 10.2. The number of nitro benzene ring substituents is 1. The number of amides is 4. The fraction of sp³-hybridized carbons (Fsp3) is 0.464. The molecule has 3 aliphatic rings. The third kappa shape index (κ3) is 6.74. The molecule has 2 N–H and O–H groups in total. The molecule has 0 spiro atoms. The normalized spacial score (nSPS) is 18.0. The van der Waals surface area contributed by atoms with Gasteiger partial charge in [0.05, 0.1) is 29.5 Å². The van der Waals surface area contributed by atoms with E-state index in [1.165, 1.54) is 24.3 Å². The van der Waals surface area contributed by atoms with Crippen molar-refractivity contribution >= 4 is 34.9 Å². The van der Waals surface area contributed by atoms with Gasteiger partial charge in [0.15, 0.2) is 0 Å². The van der Waals surface area contributed by atoms with Crippen molar-refractivity contribution in [2.75, 3.05) is 88.9 Å². The number of piperazine rings is 1. The quantitative estimate of drug-likeness (QED) is 0.414. The zero-order valence-corrected chi connectivity index (χ0v) is 22.9. The summed E-state index contributed by atoms with van der Waals surface area (Å²) in [7, 11) is 0. The van der Waals surface area contributed by atoms with E-state index in [2.05, 4.69) is 15.5 Å². The van der Waals surface area contributed by atoms with Crippen molar-refractivity contribution in [1.29, 1.82) is 0 Å². The van der Waals surface area contributed by atoms with Gasteiger partial charge in [-0.25, -0.2) is 4.79 Å². The molecular formula is C28H35N7O6. The summed E-state index contributed by atoms with van der Waals surface area (Å²) in [6.45, 7) is 7.25. The van der Waals surface area contributed by atoms with E-state index in [-0.39, 0.29) is 23.2 Å². The molecule has 0 radical (unpaired) electrons. The smallest absolute Gasteiger partial charge is 0.320 e. The molecule has 218 valence electrons. The van der Waals surface area contributed by atoms with Crippen molar-refractivity contribution in [2.24, 2.45) is 0 Å². The minimum absolute atomic E-state index is 0.00697. The Bertz CT molecular complexity index is 1270. The van der Waals surface area contributed by atoms with Crippen LogP contribution in [0.15, 0.2) is 42.5 Å². The number of hydrogen-bond acceptors (Lipinski definition) is 8. The highest BCUT2D eigenvalue weighted by atomic mass is 16.6. The van der Waals surface area contributed by atoms with Gasteiger partial charge in [0.2, 0.25) is 0 Å². The first kappa shape index (κ1) is 28.3. The molecule has 13 heteroatoms. The fourth-order valence-corrected chi connectivity index (χ4v) is 5.30. The first-order valence-corrected chi connectivity index (χ1v) is 14.0. The molecule has 0 unspecified atom stereocenters. The Balaban J connectivity index is 1.35. The van der Waals surface area contributed by atoms with Crippen molar-refractivity contribution in [3.63, 3.8) is 0 Å². The van der Waals surface area contributed by atoms with Gasteiger partial charge in [0.1, 0.15) is 0 Å². The Labute approximate surface area is 238 Å². The number of carbonyl (C=O) groups excluding carboxylic acids is 3. The Hall–Kier alpha value is -4.23. The number of nitrogens with one attached hydrogen (secondary N) is 2. The predicted molar refractivity (Wildman–Crippen MR) is 152 cm³/mol. The molecule has 3 saturated heterocycles. The van der Waals surface area contributed by atoms with Crippen molar-refractivity contribution < 1.29 is 24.0 Å². The van der Waals surface area contributed by atoms with Gasteiger partial charge < -0.3 is 35.0 Å². The highest BCUT2D eigenvalue weighted by Crippen LogP contribution is 2.30. The fourth-order valence-electron chi connectivity index (χ4n) is 5.30. The molecule has 13 nitrogen and oxygen atoms in total. The maximum absolute atomic E-state index is 13.4. The summed E-state index contributed by atoms with van der Waals surface area (Å²) in [5.74, 6) is -0.544. The van der Waals surface area contributed by atoms with Crippen LogP contribution in [0.25, 0.3) is 0 Å². The molecule has 0 saturated carbocycles. The second kappa shape index (κ2) is 13.0. The van der Waals surface area contributed by atoms with Crippen molar-refractivity contribution in [1.82, 2.24) is 20.0 Å². The number of urea groups is 1. The molecule has 41 heavy (non-hydrogen) atoms. The van der Waals surface area contributed by atoms with Crippen LogP contribution in [0.4, 0.5) is 21.9 Å². The van der Waals surface area contributed by atoms with Gasteiger partial charge >= 0.3 is 6.03 Å². The molecular weight excluding hydrogens is 530 g/mol. The molecule has 3 aliphatic heterocycles. The molecule has 0 bridgehead atoms. The number of carbonyl (C=O) groups is 3. The summed E-state index contributed by atoms with van der Waals surface area (Å²) in [5, 5.41) is 17.3. The minimum Gasteiger partial charge on any atom is -0.378 e. The third-order valence-electron chi connectivity index (χ3n) is 7.63. The monoisotopic (exact) mass is 565 g/mol. The van der Waals surface area contributed by atoms with Gasteiger partial charge in [0, 0.05) is 82.2 Å². The summed E-state index contributed by atoms with van der Waals surface area (Å²) in [4.78, 5) is 57.6. The number of nitro groups is 1. The zero-order chi connectivity index (χ0) is 28.8. The maximum Gasteiger partial charge on any atom is 0.320 e. The van der Waals surface area contributed by atoms with Crippen LogP contribution in [0.2, 0.25) is 0 Å². The van der Waals surface area contributed by atoms with Crippen LogP contribution in [-0.4, -0.2) is 116 Å². The average Bonchev–Trinajstić information content (AvgIpc) is 3.31. The predicted octanol–water partition coefficient (Wildman–Crippen LogP) is 1.86. The summed E-state index contributed by atoms with van der Waals surface area (Å²) in [6.07, 6.45) is 0.862. The van der Waals surface area contributed by atoms with E-state index >= 15 is 0 Å². The summed E-state index contributed by atoms with van der Waals surface area (Å²) < 4.78 is 5.36. The first-order chi connectivity index (χ1) is 19.9. The standard InChI is InChI=1S/C28H35N7O6/c36-26(21-2-5-23(6-3-21)35(39)40)30-24-20-22(27(37)32-10-1-8-29-9-11-32)4-7-25(24)31-12-14-33(15-13-31)28(38)34-16-18-41-19-17-34/h2-7,20,29H,1,8-19H2,(H,30,36). The average molecular weight is 566 g/mol. The SMILES string of the molecule is O=C(Nc1cc(C(=O)N2CCCNCC2)ccc1N1CCN(C(=O)N2CCOCC2)CC1)c1ccc([N+](=O)[O-])cc1. The highest BCUT2D eigenvalue weighted by Gasteiger charge is 2.28. The van der Waals surface area contributed by atoms with Gasteiger partial charge in [-0.1, -0.05) is 0 Å². The molecule has 3 heterocycles. The van der Waals surface area contributed by atoms with Crippen molar-refractivity contribution in [3.05, 3.63) is 63.7 Å². The van der Waals surface area contributed by atoms with E-state index in [0.717, 1.165) is 25.2 Å². The largest absolute Gasteiger partial charge is 0.378 e. The zero-order valence-electron chi connectivity index (χ0n) is 22.9. The molecule has 3 fully saturated rings. The van der Waals surface area contributed by atoms with E-state index in [9.17, 15) is 24.5 Å². The van der Waals surface area contributed by atoms with Gasteiger partial charge in [-0.2, -0.15) is 0 Å². The number of rotatable bonds is 5. The van der Waals surface area contributed by atoms with Crippen LogP contribution in [0.3, 0.4) is 0 Å². The van der Waals surface area contributed by atoms with Gasteiger partial charge in [-0.05, 0) is 43.3 Å². The van der Waals surface area contributed by atoms with Gasteiger partial charge in [0.25, 0.3) is 17.5 Å². The molecule has 4 amide bonds. The van der Waals surface area contributed by atoms with Crippen LogP contribution in [0, 0.1) is 10.1 Å². The summed E-state index contributed by atoms with van der Waals surface area (Å²) in [5.41, 5.74) is 1.84. The topological polar surface area (TPSA) is 141 Å². The Morgan fingerprint density at radius 2 is 1.49 bits per heavy atom. The van der Waals surface area contributed by atoms with Crippen LogP contribution < -0.4 is 15.5 Å². The summed E-state index contributed by atoms with van der Waals surface area (Å²) >= 11 is 0. The Kier molecular flexibility index (Phi) is 8.95. The number of hydrogen-bond donors (Lipinski definition) is 2. The number of non-ortho nitro benzene ring substituents is 1. The molecule has 0 aliphatic carbocycles. The number of ether oxygens (including phenoxy) is 1. The van der Waals surface area contributed by atoms with E-state index in [1.807, 2.05) is 20.8 Å². The van der Waals surface area contributed by atoms with Crippen molar-refractivity contribution in [3.8, 4) is 0 Å². The van der Waals surface area contributed by atoms with E-state index < -0.39 is 10.8 Å². The maximum atomic E-state index is 13.4. The lowest BCUT2D eigenvalue weighted by atomic mass is 10.1. The number of anilines is 2. The molecule has 0 aromatic heterocycles.